The summed E-state index contributed by atoms with van der Waals surface area (Å²) in [6.45, 7) is 1.19. The first-order valence-electron chi connectivity index (χ1n) is 6.54. The molecule has 0 saturated carbocycles. The lowest BCUT2D eigenvalue weighted by Crippen LogP contribution is -2.43. The van der Waals surface area contributed by atoms with Crippen molar-refractivity contribution in [1.82, 2.24) is 10.9 Å². The van der Waals surface area contributed by atoms with Gasteiger partial charge in [0.15, 0.2) is 6.61 Å². The van der Waals surface area contributed by atoms with Crippen molar-refractivity contribution in [1.29, 1.82) is 0 Å². The van der Waals surface area contributed by atoms with Gasteiger partial charge in [0, 0.05) is 0 Å². The highest BCUT2D eigenvalue weighted by atomic mass is 32.1. The largest absolute Gasteiger partial charge is 0.451 e. The fourth-order valence-corrected chi connectivity index (χ4v) is 2.47. The van der Waals surface area contributed by atoms with E-state index in [4.69, 9.17) is 4.74 Å². The van der Waals surface area contributed by atoms with Gasteiger partial charge in [0.25, 0.3) is 11.8 Å². The summed E-state index contributed by atoms with van der Waals surface area (Å²) in [5, 5.41) is 1.74. The van der Waals surface area contributed by atoms with E-state index in [1.807, 2.05) is 10.9 Å². The van der Waals surface area contributed by atoms with Gasteiger partial charge in [0.1, 0.15) is 10.7 Å². The number of carbonyl (C=O) groups excluding carboxylic acids is 3. The summed E-state index contributed by atoms with van der Waals surface area (Å²) < 4.78 is 18.2. The van der Waals surface area contributed by atoms with Crippen LogP contribution < -0.4 is 10.9 Å². The lowest BCUT2D eigenvalue weighted by Gasteiger charge is -2.08. The molecule has 0 unspecified atom stereocenters. The van der Waals surface area contributed by atoms with Crippen LogP contribution in [0.4, 0.5) is 4.39 Å². The van der Waals surface area contributed by atoms with Crippen LogP contribution in [0.15, 0.2) is 35.7 Å². The Morgan fingerprint density at radius 3 is 2.57 bits per heavy atom. The second-order valence-corrected chi connectivity index (χ2v) is 5.41. The lowest BCUT2D eigenvalue weighted by molar-refractivity contribution is -0.125. The van der Waals surface area contributed by atoms with Crippen LogP contribution in [0.3, 0.4) is 0 Å². The van der Waals surface area contributed by atoms with Gasteiger partial charge >= 0.3 is 5.97 Å². The van der Waals surface area contributed by atoms with Gasteiger partial charge in [-0.2, -0.15) is 0 Å². The van der Waals surface area contributed by atoms with Crippen LogP contribution in [0.2, 0.25) is 0 Å². The average molecular weight is 336 g/mol. The highest BCUT2D eigenvalue weighted by Gasteiger charge is 2.15. The SMILES string of the molecule is Cc1ccsc1C(=O)OCC(=O)NNC(=O)c1ccccc1F. The third-order valence-corrected chi connectivity index (χ3v) is 3.81. The number of benzene rings is 1. The number of ether oxygens (including phenoxy) is 1. The number of esters is 1. The van der Waals surface area contributed by atoms with Crippen molar-refractivity contribution < 1.29 is 23.5 Å². The van der Waals surface area contributed by atoms with Crippen molar-refractivity contribution in [2.45, 2.75) is 6.92 Å². The monoisotopic (exact) mass is 336 g/mol. The predicted molar refractivity (Wildman–Crippen MR) is 81.3 cm³/mol. The molecule has 2 aromatic rings. The molecule has 2 amide bonds. The minimum Gasteiger partial charge on any atom is -0.451 e. The maximum Gasteiger partial charge on any atom is 0.349 e. The third-order valence-electron chi connectivity index (χ3n) is 2.82. The van der Waals surface area contributed by atoms with Gasteiger partial charge in [-0.15, -0.1) is 11.3 Å². The molecule has 1 aromatic carbocycles. The van der Waals surface area contributed by atoms with Gasteiger partial charge in [-0.1, -0.05) is 12.1 Å². The van der Waals surface area contributed by atoms with Gasteiger partial charge < -0.3 is 4.74 Å². The summed E-state index contributed by atoms with van der Waals surface area (Å²) in [6.07, 6.45) is 0. The van der Waals surface area contributed by atoms with Crippen molar-refractivity contribution >= 4 is 29.1 Å². The lowest BCUT2D eigenvalue weighted by atomic mass is 10.2. The maximum absolute atomic E-state index is 13.4. The Kier molecular flexibility index (Phi) is 5.42. The van der Waals surface area contributed by atoms with E-state index < -0.39 is 30.2 Å². The minimum absolute atomic E-state index is 0.209. The van der Waals surface area contributed by atoms with E-state index in [2.05, 4.69) is 0 Å². The van der Waals surface area contributed by atoms with Crippen molar-refractivity contribution in [3.63, 3.8) is 0 Å². The summed E-state index contributed by atoms with van der Waals surface area (Å²) >= 11 is 1.21. The number of carbonyl (C=O) groups is 3. The molecule has 8 heteroatoms. The molecule has 1 heterocycles. The van der Waals surface area contributed by atoms with Crippen LogP contribution in [0.5, 0.6) is 0 Å². The summed E-state index contributed by atoms with van der Waals surface area (Å²) in [6, 6.07) is 7.09. The second kappa shape index (κ2) is 7.50. The Hall–Kier alpha value is -2.74. The molecular weight excluding hydrogens is 323 g/mol. The topological polar surface area (TPSA) is 84.5 Å². The first-order valence-corrected chi connectivity index (χ1v) is 7.42. The second-order valence-electron chi connectivity index (χ2n) is 4.49. The molecule has 0 aliphatic heterocycles. The molecular formula is C15H13FN2O4S. The summed E-state index contributed by atoms with van der Waals surface area (Å²) in [7, 11) is 0. The van der Waals surface area contributed by atoms with E-state index in [-0.39, 0.29) is 5.56 Å². The smallest absolute Gasteiger partial charge is 0.349 e. The zero-order valence-electron chi connectivity index (χ0n) is 12.1. The first-order chi connectivity index (χ1) is 11.0. The third kappa shape index (κ3) is 4.36. The van der Waals surface area contributed by atoms with E-state index in [1.54, 1.807) is 18.4 Å². The fraction of sp³-hybridized carbons (Fsp3) is 0.133. The quantitative estimate of drug-likeness (QED) is 0.659. The van der Waals surface area contributed by atoms with Gasteiger partial charge in [-0.05, 0) is 36.1 Å². The minimum atomic E-state index is -0.808. The molecule has 0 fully saturated rings. The number of nitrogens with one attached hydrogen (secondary N) is 2. The average Bonchev–Trinajstić information content (AvgIpc) is 2.97. The summed E-state index contributed by atoms with van der Waals surface area (Å²) in [4.78, 5) is 35.3. The number of halogens is 1. The molecule has 0 aliphatic rings. The van der Waals surface area contributed by atoms with E-state index >= 15 is 0 Å². The molecule has 0 bridgehead atoms. The van der Waals surface area contributed by atoms with Gasteiger partial charge in [-0.25, -0.2) is 9.18 Å². The number of amides is 2. The molecule has 0 saturated heterocycles. The van der Waals surface area contributed by atoms with E-state index in [0.717, 1.165) is 11.6 Å². The van der Waals surface area contributed by atoms with E-state index in [1.165, 1.54) is 29.5 Å². The normalized spacial score (nSPS) is 10.0. The molecule has 6 nitrogen and oxygen atoms in total. The van der Waals surface area contributed by atoms with Crippen molar-refractivity contribution in [2.75, 3.05) is 6.61 Å². The predicted octanol–water partition coefficient (Wildman–Crippen LogP) is 1.81. The van der Waals surface area contributed by atoms with Crippen molar-refractivity contribution in [2.24, 2.45) is 0 Å². The first kappa shape index (κ1) is 16.6. The Balaban J connectivity index is 1.79. The molecule has 0 atom stereocenters. The van der Waals surface area contributed by atoms with Crippen molar-refractivity contribution in [3.05, 3.63) is 57.5 Å². The number of hydrogen-bond donors (Lipinski definition) is 2. The van der Waals surface area contributed by atoms with Crippen LogP contribution in [-0.4, -0.2) is 24.4 Å². The summed E-state index contributed by atoms with van der Waals surface area (Å²) in [5.41, 5.74) is 4.64. The van der Waals surface area contributed by atoms with E-state index in [9.17, 15) is 18.8 Å². The highest BCUT2D eigenvalue weighted by molar-refractivity contribution is 7.12. The van der Waals surface area contributed by atoms with E-state index in [0.29, 0.717) is 4.88 Å². The molecule has 120 valence electrons. The number of hydrogen-bond acceptors (Lipinski definition) is 5. The standard InChI is InChI=1S/C15H13FN2O4S/c1-9-6-7-23-13(9)15(21)22-8-12(19)17-18-14(20)10-4-2-3-5-11(10)16/h2-7H,8H2,1H3,(H,17,19)(H,18,20). The number of thiophene rings is 1. The van der Waals surface area contributed by atoms with Crippen LogP contribution in [-0.2, 0) is 9.53 Å². The Bertz CT molecular complexity index is 745. The molecule has 0 aliphatic carbocycles. The number of hydrazine groups is 1. The Morgan fingerprint density at radius 1 is 1.17 bits per heavy atom. The zero-order valence-corrected chi connectivity index (χ0v) is 12.9. The van der Waals surface area contributed by atoms with Crippen LogP contribution in [0, 0.1) is 12.7 Å². The summed E-state index contributed by atoms with van der Waals surface area (Å²) in [5.74, 6) is -2.87. The van der Waals surface area contributed by atoms with Crippen LogP contribution >= 0.6 is 11.3 Å². The Morgan fingerprint density at radius 2 is 1.91 bits per heavy atom. The molecule has 2 N–H and O–H groups in total. The molecule has 23 heavy (non-hydrogen) atoms. The molecule has 0 spiro atoms. The molecule has 1 aromatic heterocycles. The Labute approximate surface area is 135 Å². The van der Waals surface area contributed by atoms with Gasteiger partial charge in [0.05, 0.1) is 5.56 Å². The fourth-order valence-electron chi connectivity index (χ4n) is 1.65. The number of rotatable bonds is 4. The zero-order chi connectivity index (χ0) is 16.8. The highest BCUT2D eigenvalue weighted by Crippen LogP contribution is 2.16. The van der Waals surface area contributed by atoms with Gasteiger partial charge in [0.2, 0.25) is 0 Å². The maximum atomic E-state index is 13.4. The molecule has 0 radical (unpaired) electrons. The van der Waals surface area contributed by atoms with Crippen LogP contribution in [0.1, 0.15) is 25.6 Å². The van der Waals surface area contributed by atoms with Crippen molar-refractivity contribution in [3.8, 4) is 0 Å². The van der Waals surface area contributed by atoms with Crippen LogP contribution in [0.25, 0.3) is 0 Å². The molecule has 2 rings (SSSR count). The van der Waals surface area contributed by atoms with Gasteiger partial charge in [-0.3, -0.25) is 20.4 Å². The number of aryl methyl sites for hydroxylation is 1.